The number of aromatic nitrogens is 2. The van der Waals surface area contributed by atoms with Gasteiger partial charge in [-0.15, -0.1) is 0 Å². The number of anilines is 2. The lowest BCUT2D eigenvalue weighted by Crippen LogP contribution is -2.30. The first-order valence-electron chi connectivity index (χ1n) is 9.40. The summed E-state index contributed by atoms with van der Waals surface area (Å²) in [4.78, 5) is 34.9. The number of hydrogen-bond acceptors (Lipinski definition) is 5. The molecule has 0 unspecified atom stereocenters. The van der Waals surface area contributed by atoms with Crippen molar-refractivity contribution in [3.63, 3.8) is 0 Å². The van der Waals surface area contributed by atoms with Gasteiger partial charge in [-0.05, 0) is 49.7 Å². The van der Waals surface area contributed by atoms with Crippen LogP contribution in [0.25, 0.3) is 11.1 Å². The molecule has 7 heteroatoms. The molecular formula is C22H23N5O2. The minimum atomic E-state index is -0.351. The molecule has 0 aliphatic rings. The molecule has 0 bridgehead atoms. The van der Waals surface area contributed by atoms with Crippen molar-refractivity contribution < 1.29 is 9.59 Å². The fraction of sp³-hybridized carbons (Fsp3) is 0.182. The van der Waals surface area contributed by atoms with Crippen molar-refractivity contribution in [3.05, 3.63) is 72.2 Å². The predicted molar refractivity (Wildman–Crippen MR) is 114 cm³/mol. The van der Waals surface area contributed by atoms with Gasteiger partial charge in [-0.3, -0.25) is 14.6 Å². The summed E-state index contributed by atoms with van der Waals surface area (Å²) in [6.45, 7) is 5.23. The first-order valence-corrected chi connectivity index (χ1v) is 9.40. The maximum atomic E-state index is 12.6. The molecule has 0 spiro atoms. The second-order valence-corrected chi connectivity index (χ2v) is 6.40. The molecule has 29 heavy (non-hydrogen) atoms. The highest BCUT2D eigenvalue weighted by atomic mass is 16.2. The second-order valence-electron chi connectivity index (χ2n) is 6.40. The molecule has 7 nitrogen and oxygen atoms in total. The summed E-state index contributed by atoms with van der Waals surface area (Å²) in [6, 6.07) is 12.3. The Balaban J connectivity index is 1.84. The van der Waals surface area contributed by atoms with Gasteiger partial charge < -0.3 is 16.0 Å². The van der Waals surface area contributed by atoms with Crippen LogP contribution in [0.1, 0.15) is 34.6 Å². The Labute approximate surface area is 169 Å². The molecule has 1 aromatic carbocycles. The van der Waals surface area contributed by atoms with E-state index in [9.17, 15) is 9.59 Å². The molecule has 0 aliphatic carbocycles. The molecule has 0 radical (unpaired) electrons. The van der Waals surface area contributed by atoms with E-state index in [4.69, 9.17) is 5.73 Å². The summed E-state index contributed by atoms with van der Waals surface area (Å²) in [5.74, 6) is -0.209. The molecule has 3 rings (SSSR count). The first-order chi connectivity index (χ1) is 14.0. The number of hydrogen-bond donors (Lipinski definition) is 2. The summed E-state index contributed by atoms with van der Waals surface area (Å²) >= 11 is 0. The van der Waals surface area contributed by atoms with Gasteiger partial charge >= 0.3 is 0 Å². The van der Waals surface area contributed by atoms with E-state index in [1.54, 1.807) is 53.8 Å². The van der Waals surface area contributed by atoms with E-state index < -0.39 is 0 Å². The van der Waals surface area contributed by atoms with Crippen molar-refractivity contribution in [1.82, 2.24) is 14.9 Å². The van der Waals surface area contributed by atoms with Crippen molar-refractivity contribution in [2.24, 2.45) is 0 Å². The lowest BCUT2D eigenvalue weighted by atomic mass is 10.0. The molecular weight excluding hydrogens is 366 g/mol. The molecule has 0 fully saturated rings. The van der Waals surface area contributed by atoms with Crippen molar-refractivity contribution in [2.45, 2.75) is 13.8 Å². The van der Waals surface area contributed by atoms with Crippen LogP contribution in [-0.4, -0.2) is 39.8 Å². The number of pyridine rings is 2. The normalized spacial score (nSPS) is 10.4. The Kier molecular flexibility index (Phi) is 6.19. The number of amides is 2. The van der Waals surface area contributed by atoms with Gasteiger partial charge in [0.15, 0.2) is 0 Å². The number of nitrogens with one attached hydrogen (secondary N) is 1. The van der Waals surface area contributed by atoms with Crippen LogP contribution < -0.4 is 11.1 Å². The second kappa shape index (κ2) is 8.97. The van der Waals surface area contributed by atoms with E-state index in [-0.39, 0.29) is 23.2 Å². The third kappa shape index (κ3) is 4.57. The van der Waals surface area contributed by atoms with Crippen molar-refractivity contribution in [1.29, 1.82) is 0 Å². The van der Waals surface area contributed by atoms with Gasteiger partial charge in [-0.25, -0.2) is 4.98 Å². The molecule has 3 N–H and O–H groups in total. The lowest BCUT2D eigenvalue weighted by Gasteiger charge is -2.18. The van der Waals surface area contributed by atoms with E-state index in [1.165, 1.54) is 0 Å². The topological polar surface area (TPSA) is 101 Å². The number of carbonyl (C=O) groups excluding carboxylic acids is 2. The van der Waals surface area contributed by atoms with Gasteiger partial charge in [-0.2, -0.15) is 0 Å². The van der Waals surface area contributed by atoms with Crippen LogP contribution in [0.5, 0.6) is 0 Å². The summed E-state index contributed by atoms with van der Waals surface area (Å²) in [6.07, 6.45) is 4.79. The summed E-state index contributed by atoms with van der Waals surface area (Å²) in [7, 11) is 0. The van der Waals surface area contributed by atoms with Crippen LogP contribution in [0.3, 0.4) is 0 Å². The van der Waals surface area contributed by atoms with Crippen molar-refractivity contribution in [3.8, 4) is 11.1 Å². The van der Waals surface area contributed by atoms with Crippen LogP contribution in [-0.2, 0) is 0 Å². The summed E-state index contributed by atoms with van der Waals surface area (Å²) in [5.41, 5.74) is 9.01. The molecule has 0 aliphatic heterocycles. The molecule has 2 heterocycles. The van der Waals surface area contributed by atoms with Gasteiger partial charge in [0, 0.05) is 48.5 Å². The maximum Gasteiger partial charge on any atom is 0.259 e. The zero-order valence-electron chi connectivity index (χ0n) is 16.4. The number of nitrogens with two attached hydrogens (primary N) is 1. The number of carbonyl (C=O) groups is 2. The maximum absolute atomic E-state index is 12.6. The van der Waals surface area contributed by atoms with E-state index in [0.29, 0.717) is 24.3 Å². The molecule has 3 aromatic rings. The number of nitrogens with zero attached hydrogens (tertiary/aromatic N) is 3. The number of benzene rings is 1. The molecule has 0 saturated carbocycles. The van der Waals surface area contributed by atoms with E-state index in [2.05, 4.69) is 15.3 Å². The van der Waals surface area contributed by atoms with Crippen LogP contribution in [0.2, 0.25) is 0 Å². The molecule has 0 atom stereocenters. The SMILES string of the molecule is CCN(CC)C(=O)c1ccc(-c2cnc(N)c(C(=O)Nc3ccncc3)c2)cc1. The quantitative estimate of drug-likeness (QED) is 0.672. The van der Waals surface area contributed by atoms with E-state index in [0.717, 1.165) is 11.1 Å². The minimum Gasteiger partial charge on any atom is -0.383 e. The Morgan fingerprint density at radius 2 is 1.66 bits per heavy atom. The minimum absolute atomic E-state index is 0.00519. The van der Waals surface area contributed by atoms with Gasteiger partial charge in [0.05, 0.1) is 5.56 Å². The fourth-order valence-electron chi connectivity index (χ4n) is 2.95. The van der Waals surface area contributed by atoms with Crippen LogP contribution in [0.4, 0.5) is 11.5 Å². The third-order valence-corrected chi connectivity index (χ3v) is 4.62. The number of rotatable bonds is 6. The Morgan fingerprint density at radius 1 is 1.00 bits per heavy atom. The zero-order valence-corrected chi connectivity index (χ0v) is 16.4. The average Bonchev–Trinajstić information content (AvgIpc) is 2.75. The highest BCUT2D eigenvalue weighted by Gasteiger charge is 2.15. The smallest absolute Gasteiger partial charge is 0.259 e. The largest absolute Gasteiger partial charge is 0.383 e. The first kappa shape index (κ1) is 20.0. The van der Waals surface area contributed by atoms with Gasteiger partial charge in [0.2, 0.25) is 0 Å². The highest BCUT2D eigenvalue weighted by molar-refractivity contribution is 6.07. The molecule has 0 saturated heterocycles. The third-order valence-electron chi connectivity index (χ3n) is 4.62. The zero-order chi connectivity index (χ0) is 20.8. The van der Waals surface area contributed by atoms with Gasteiger partial charge in [-0.1, -0.05) is 12.1 Å². The van der Waals surface area contributed by atoms with Crippen molar-refractivity contribution >= 4 is 23.3 Å². The predicted octanol–water partition coefficient (Wildman–Crippen LogP) is 3.46. The van der Waals surface area contributed by atoms with Crippen LogP contribution in [0, 0.1) is 0 Å². The average molecular weight is 389 g/mol. The number of nitrogen functional groups attached to an aromatic ring is 1. The van der Waals surface area contributed by atoms with E-state index >= 15 is 0 Å². The van der Waals surface area contributed by atoms with Crippen LogP contribution >= 0.6 is 0 Å². The lowest BCUT2D eigenvalue weighted by molar-refractivity contribution is 0.0773. The highest BCUT2D eigenvalue weighted by Crippen LogP contribution is 2.23. The molecule has 2 aromatic heterocycles. The van der Waals surface area contributed by atoms with Gasteiger partial charge in [0.1, 0.15) is 5.82 Å². The Bertz CT molecular complexity index is 999. The molecule has 2 amide bonds. The van der Waals surface area contributed by atoms with Crippen molar-refractivity contribution in [2.75, 3.05) is 24.1 Å². The molecule has 148 valence electrons. The van der Waals surface area contributed by atoms with Crippen LogP contribution in [0.15, 0.2) is 61.1 Å². The Hall–Kier alpha value is -3.74. The monoisotopic (exact) mass is 389 g/mol. The Morgan fingerprint density at radius 3 is 2.28 bits per heavy atom. The van der Waals surface area contributed by atoms with Gasteiger partial charge in [0.25, 0.3) is 11.8 Å². The standard InChI is InChI=1S/C22H23N5O2/c1-3-27(4-2)22(29)16-7-5-15(6-8-16)17-13-19(20(23)25-14-17)21(28)26-18-9-11-24-12-10-18/h5-14H,3-4H2,1-2H3,(H2,23,25)(H,24,26,28). The van der Waals surface area contributed by atoms with E-state index in [1.807, 2.05) is 26.0 Å². The fourth-order valence-corrected chi connectivity index (χ4v) is 2.95. The summed E-state index contributed by atoms with van der Waals surface area (Å²) in [5, 5.41) is 2.78. The summed E-state index contributed by atoms with van der Waals surface area (Å²) < 4.78 is 0.